The largest absolute Gasteiger partial charge is 0.394 e. The van der Waals surface area contributed by atoms with Crippen LogP contribution >= 0.6 is 0 Å². The minimum atomic E-state index is -1.78. The van der Waals surface area contributed by atoms with Gasteiger partial charge in [-0.3, -0.25) is 4.79 Å². The fourth-order valence-electron chi connectivity index (χ4n) is 6.58. The molecule has 0 saturated carbocycles. The highest BCUT2D eigenvalue weighted by Gasteiger charge is 2.50. The van der Waals surface area contributed by atoms with E-state index in [9.17, 15) is 45.6 Å². The van der Waals surface area contributed by atoms with Gasteiger partial charge in [-0.15, -0.1) is 0 Å². The first kappa shape index (κ1) is 50.1. The normalized spacial score (nSPS) is 29.9. The zero-order valence-electron chi connectivity index (χ0n) is 33.6. The second-order valence-electron chi connectivity index (χ2n) is 14.7. The number of rotatable bonds is 29. The summed E-state index contributed by atoms with van der Waals surface area (Å²) in [4.78, 5) is 13.0. The predicted molar refractivity (Wildman–Crippen MR) is 212 cm³/mol. The van der Waals surface area contributed by atoms with Gasteiger partial charge in [0.2, 0.25) is 5.91 Å². The van der Waals surface area contributed by atoms with Gasteiger partial charge in [-0.2, -0.15) is 0 Å². The number of hydrogen-bond acceptors (Lipinski definition) is 13. The molecule has 2 fully saturated rings. The van der Waals surface area contributed by atoms with Crippen molar-refractivity contribution in [2.24, 2.45) is 0 Å². The van der Waals surface area contributed by atoms with Gasteiger partial charge in [0, 0.05) is 6.42 Å². The first-order valence-electron chi connectivity index (χ1n) is 20.9. The summed E-state index contributed by atoms with van der Waals surface area (Å²) < 4.78 is 22.5. The Balaban J connectivity index is 1.84. The summed E-state index contributed by atoms with van der Waals surface area (Å²) in [7, 11) is 0. The summed E-state index contributed by atoms with van der Waals surface area (Å²) in [5.41, 5.74) is 0. The molecule has 0 radical (unpaired) electrons. The average molecular weight is 800 g/mol. The molecular weight excluding hydrogens is 726 g/mol. The number of nitrogens with one attached hydrogen (secondary N) is 1. The fraction of sp³-hybridized carbons (Fsp3) is 0.786. The molecule has 14 heteroatoms. The van der Waals surface area contributed by atoms with Crippen LogP contribution in [-0.4, -0.2) is 140 Å². The predicted octanol–water partition coefficient (Wildman–Crippen LogP) is 2.98. The molecule has 2 saturated heterocycles. The Morgan fingerprint density at radius 2 is 1.23 bits per heavy atom. The fourth-order valence-corrected chi connectivity index (χ4v) is 6.58. The topological polar surface area (TPSA) is 228 Å². The van der Waals surface area contributed by atoms with Crippen molar-refractivity contribution in [1.29, 1.82) is 0 Å². The Kier molecular flexibility index (Phi) is 26.9. The number of carbonyl (C=O) groups excluding carboxylic acids is 1. The molecule has 0 aliphatic carbocycles. The number of carbonyl (C=O) groups is 1. The molecular formula is C42H73NO13. The van der Waals surface area contributed by atoms with Crippen molar-refractivity contribution in [2.45, 2.75) is 190 Å². The molecule has 12 atom stereocenters. The van der Waals surface area contributed by atoms with E-state index in [1.807, 2.05) is 0 Å². The van der Waals surface area contributed by atoms with Crippen LogP contribution in [-0.2, 0) is 23.7 Å². The zero-order valence-corrected chi connectivity index (χ0v) is 33.6. The molecule has 0 spiro atoms. The molecule has 56 heavy (non-hydrogen) atoms. The average Bonchev–Trinajstić information content (AvgIpc) is 3.19. The lowest BCUT2D eigenvalue weighted by Gasteiger charge is -2.46. The van der Waals surface area contributed by atoms with E-state index in [4.69, 9.17) is 18.9 Å². The van der Waals surface area contributed by atoms with Crippen LogP contribution in [0.5, 0.6) is 0 Å². The van der Waals surface area contributed by atoms with Crippen molar-refractivity contribution in [3.63, 3.8) is 0 Å². The maximum Gasteiger partial charge on any atom is 0.220 e. The molecule has 324 valence electrons. The molecule has 14 nitrogen and oxygen atoms in total. The van der Waals surface area contributed by atoms with Crippen molar-refractivity contribution in [1.82, 2.24) is 5.32 Å². The number of aliphatic hydroxyl groups is 8. The summed E-state index contributed by atoms with van der Waals surface area (Å²) in [5, 5.41) is 86.0. The summed E-state index contributed by atoms with van der Waals surface area (Å²) in [6.07, 6.45) is 14.7. The highest BCUT2D eigenvalue weighted by Crippen LogP contribution is 2.30. The highest BCUT2D eigenvalue weighted by atomic mass is 16.7. The Morgan fingerprint density at radius 3 is 1.88 bits per heavy atom. The van der Waals surface area contributed by atoms with E-state index in [1.165, 1.54) is 0 Å². The van der Waals surface area contributed by atoms with Crippen molar-refractivity contribution >= 4 is 5.91 Å². The third-order valence-electron chi connectivity index (χ3n) is 10.1. The summed E-state index contributed by atoms with van der Waals surface area (Å²) in [6, 6.07) is -0.838. The maximum absolute atomic E-state index is 13.0. The van der Waals surface area contributed by atoms with Gasteiger partial charge < -0.3 is 65.1 Å². The van der Waals surface area contributed by atoms with Crippen LogP contribution < -0.4 is 5.32 Å². The van der Waals surface area contributed by atoms with Gasteiger partial charge in [0.25, 0.3) is 0 Å². The standard InChI is InChI=1S/C42H73NO13/c1-3-5-7-9-10-11-12-13-14-15-16-17-18-19-20-22-24-26-34(47)43-30(31(46)25-23-21-8-6-4-2)29-53-41-39(52)37(50)40(33(28-45)55-41)56-42-38(51)36(49)35(48)32(27-44)54-42/h5,7,10-11,13-14,16-17,30-33,35-42,44-46,48-52H,3-4,6,8-9,12,15,18-29H2,1-2H3,(H,43,47)/b7-5-,11-10-,14-13-,17-16-. The lowest BCUT2D eigenvalue weighted by Crippen LogP contribution is -2.65. The van der Waals surface area contributed by atoms with Crippen molar-refractivity contribution in [2.75, 3.05) is 19.8 Å². The monoisotopic (exact) mass is 800 g/mol. The van der Waals surface area contributed by atoms with Crippen LogP contribution in [0.3, 0.4) is 0 Å². The van der Waals surface area contributed by atoms with Crippen LogP contribution in [0, 0.1) is 0 Å². The Bertz CT molecular complexity index is 1130. The van der Waals surface area contributed by atoms with E-state index >= 15 is 0 Å². The third-order valence-corrected chi connectivity index (χ3v) is 10.1. The lowest BCUT2D eigenvalue weighted by atomic mass is 9.97. The number of aliphatic hydroxyl groups excluding tert-OH is 8. The molecule has 12 unspecified atom stereocenters. The molecule has 2 aliphatic heterocycles. The first-order valence-corrected chi connectivity index (χ1v) is 20.9. The quantitative estimate of drug-likeness (QED) is 0.0392. The van der Waals surface area contributed by atoms with E-state index < -0.39 is 86.8 Å². The molecule has 2 rings (SSSR count). The third kappa shape index (κ3) is 18.7. The van der Waals surface area contributed by atoms with Crippen LogP contribution in [0.2, 0.25) is 0 Å². The van der Waals surface area contributed by atoms with Crippen LogP contribution in [0.4, 0.5) is 0 Å². The second-order valence-corrected chi connectivity index (χ2v) is 14.7. The van der Waals surface area contributed by atoms with E-state index in [2.05, 4.69) is 67.8 Å². The minimum Gasteiger partial charge on any atom is -0.394 e. The molecule has 9 N–H and O–H groups in total. The number of allylic oxidation sites excluding steroid dienone is 8. The molecule has 0 bridgehead atoms. The van der Waals surface area contributed by atoms with E-state index in [-0.39, 0.29) is 18.9 Å². The van der Waals surface area contributed by atoms with Gasteiger partial charge in [0.05, 0.1) is 32.0 Å². The number of unbranched alkanes of at least 4 members (excludes halogenated alkanes) is 8. The van der Waals surface area contributed by atoms with Crippen LogP contribution in [0.15, 0.2) is 48.6 Å². The molecule has 0 aromatic carbocycles. The van der Waals surface area contributed by atoms with E-state index in [0.29, 0.717) is 12.8 Å². The van der Waals surface area contributed by atoms with Gasteiger partial charge in [0.15, 0.2) is 12.6 Å². The van der Waals surface area contributed by atoms with Crippen LogP contribution in [0.1, 0.15) is 117 Å². The molecule has 2 aliphatic rings. The number of ether oxygens (including phenoxy) is 4. The van der Waals surface area contributed by atoms with Crippen molar-refractivity contribution in [3.8, 4) is 0 Å². The smallest absolute Gasteiger partial charge is 0.220 e. The van der Waals surface area contributed by atoms with Gasteiger partial charge >= 0.3 is 0 Å². The Hall–Kier alpha value is -2.05. The number of amides is 1. The van der Waals surface area contributed by atoms with E-state index in [1.54, 1.807) is 0 Å². The minimum absolute atomic E-state index is 0.242. The molecule has 0 aromatic rings. The van der Waals surface area contributed by atoms with Gasteiger partial charge in [0.1, 0.15) is 48.8 Å². The second kappa shape index (κ2) is 30.1. The summed E-state index contributed by atoms with van der Waals surface area (Å²) in [5.74, 6) is -0.242. The number of hydrogen-bond donors (Lipinski definition) is 9. The highest BCUT2D eigenvalue weighted by molar-refractivity contribution is 5.76. The SMILES string of the molecule is CC/C=C\C/C=C\C/C=C\C/C=C\CCCCCCC(=O)NC(COC1OC(CO)C(OC2OC(CO)C(O)C(O)C2O)C(O)C1O)C(O)CCCCCCC. The Labute approximate surface area is 333 Å². The zero-order chi connectivity index (χ0) is 41.1. The van der Waals surface area contributed by atoms with Gasteiger partial charge in [-0.1, -0.05) is 107 Å². The first-order chi connectivity index (χ1) is 27.1. The summed E-state index contributed by atoms with van der Waals surface area (Å²) in [6.45, 7) is 2.57. The van der Waals surface area contributed by atoms with Gasteiger partial charge in [-0.05, 0) is 51.4 Å². The molecule has 0 aromatic heterocycles. The van der Waals surface area contributed by atoms with E-state index in [0.717, 1.165) is 83.5 Å². The van der Waals surface area contributed by atoms with Gasteiger partial charge in [-0.25, -0.2) is 0 Å². The Morgan fingerprint density at radius 1 is 0.661 bits per heavy atom. The lowest BCUT2D eigenvalue weighted by molar-refractivity contribution is -0.359. The molecule has 1 amide bonds. The maximum atomic E-state index is 13.0. The molecule has 2 heterocycles. The van der Waals surface area contributed by atoms with Crippen molar-refractivity contribution < 1.29 is 64.6 Å². The van der Waals surface area contributed by atoms with Crippen molar-refractivity contribution in [3.05, 3.63) is 48.6 Å². The van der Waals surface area contributed by atoms with Crippen LogP contribution in [0.25, 0.3) is 0 Å². The summed E-state index contributed by atoms with van der Waals surface area (Å²) >= 11 is 0.